The van der Waals surface area contributed by atoms with E-state index in [9.17, 15) is 10.1 Å². The number of hydrogen-bond donors (Lipinski definition) is 1. The van der Waals surface area contributed by atoms with Gasteiger partial charge in [-0.1, -0.05) is 29.8 Å². The van der Waals surface area contributed by atoms with E-state index in [1.807, 2.05) is 31.2 Å². The Morgan fingerprint density at radius 2 is 2.00 bits per heavy atom. The van der Waals surface area contributed by atoms with Gasteiger partial charge in [-0.3, -0.25) is 4.79 Å². The Hall–Kier alpha value is -2.54. The van der Waals surface area contributed by atoms with Crippen molar-refractivity contribution in [3.8, 4) is 6.07 Å². The molecule has 0 aromatic heterocycles. The molecule has 4 heteroatoms. The molecule has 1 aromatic carbocycles. The Labute approximate surface area is 123 Å². The van der Waals surface area contributed by atoms with Crippen LogP contribution in [-0.2, 0) is 9.53 Å². The highest BCUT2D eigenvalue weighted by Gasteiger charge is 2.37. The number of carbonyl (C=O) groups is 1. The van der Waals surface area contributed by atoms with E-state index in [1.54, 1.807) is 0 Å². The van der Waals surface area contributed by atoms with Gasteiger partial charge in [0.25, 0.3) is 0 Å². The van der Waals surface area contributed by atoms with E-state index in [4.69, 9.17) is 10.5 Å². The van der Waals surface area contributed by atoms with E-state index in [-0.39, 0.29) is 11.7 Å². The first kappa shape index (κ1) is 13.4. The zero-order valence-corrected chi connectivity index (χ0v) is 11.8. The monoisotopic (exact) mass is 280 g/mol. The molecule has 2 aliphatic rings. The highest BCUT2D eigenvalue weighted by atomic mass is 16.5. The smallest absolute Gasteiger partial charge is 0.205 e. The first-order chi connectivity index (χ1) is 10.1. The van der Waals surface area contributed by atoms with E-state index in [0.717, 1.165) is 17.5 Å². The van der Waals surface area contributed by atoms with Crippen molar-refractivity contribution in [3.63, 3.8) is 0 Å². The molecule has 4 nitrogen and oxygen atoms in total. The molecule has 21 heavy (non-hydrogen) atoms. The molecule has 1 aliphatic heterocycles. The van der Waals surface area contributed by atoms with Crippen LogP contribution in [0.25, 0.3) is 0 Å². The molecule has 0 fully saturated rings. The van der Waals surface area contributed by atoms with E-state index >= 15 is 0 Å². The minimum absolute atomic E-state index is 0.0575. The van der Waals surface area contributed by atoms with Crippen molar-refractivity contribution in [3.05, 3.63) is 58.2 Å². The number of aryl methyl sites for hydroxylation is 1. The van der Waals surface area contributed by atoms with Crippen molar-refractivity contribution in [2.75, 3.05) is 0 Å². The summed E-state index contributed by atoms with van der Waals surface area (Å²) in [6.07, 6.45) is 1.97. The number of ketones is 1. The van der Waals surface area contributed by atoms with Gasteiger partial charge in [0.1, 0.15) is 17.4 Å². The van der Waals surface area contributed by atoms with Crippen molar-refractivity contribution in [2.24, 2.45) is 5.73 Å². The maximum absolute atomic E-state index is 12.3. The van der Waals surface area contributed by atoms with Crippen LogP contribution in [0.1, 0.15) is 36.3 Å². The Morgan fingerprint density at radius 3 is 2.67 bits per heavy atom. The molecule has 0 radical (unpaired) electrons. The van der Waals surface area contributed by atoms with E-state index in [1.165, 1.54) is 0 Å². The summed E-state index contributed by atoms with van der Waals surface area (Å²) in [5.41, 5.74) is 8.86. The van der Waals surface area contributed by atoms with Crippen molar-refractivity contribution in [1.29, 1.82) is 5.26 Å². The first-order valence-corrected chi connectivity index (χ1v) is 7.02. The molecule has 0 saturated heterocycles. The average molecular weight is 280 g/mol. The Kier molecular flexibility index (Phi) is 3.26. The van der Waals surface area contributed by atoms with Crippen molar-refractivity contribution in [1.82, 2.24) is 0 Å². The Morgan fingerprint density at radius 1 is 1.29 bits per heavy atom. The van der Waals surface area contributed by atoms with Crippen LogP contribution in [0.3, 0.4) is 0 Å². The number of rotatable bonds is 1. The second kappa shape index (κ2) is 5.10. The number of ether oxygens (including phenoxy) is 1. The quantitative estimate of drug-likeness (QED) is 0.858. The molecule has 106 valence electrons. The minimum atomic E-state index is -0.396. The normalized spacial score (nSPS) is 21.7. The largest absolute Gasteiger partial charge is 0.444 e. The summed E-state index contributed by atoms with van der Waals surface area (Å²) in [5, 5.41) is 9.42. The van der Waals surface area contributed by atoms with Gasteiger partial charge in [-0.25, -0.2) is 0 Å². The summed E-state index contributed by atoms with van der Waals surface area (Å²) in [5.74, 6) is 0.416. The fraction of sp³-hybridized carbons (Fsp3) is 0.294. The molecule has 1 atom stereocenters. The molecule has 1 aliphatic carbocycles. The van der Waals surface area contributed by atoms with Crippen LogP contribution in [0.4, 0.5) is 0 Å². The van der Waals surface area contributed by atoms with Gasteiger partial charge in [0.2, 0.25) is 5.88 Å². The lowest BCUT2D eigenvalue weighted by Crippen LogP contribution is -2.27. The number of Topliss-reactive ketones (excluding diaryl/α,β-unsaturated/α-hetero) is 1. The van der Waals surface area contributed by atoms with Gasteiger partial charge < -0.3 is 10.5 Å². The third-order valence-corrected chi connectivity index (χ3v) is 4.02. The molecular weight excluding hydrogens is 264 g/mol. The predicted molar refractivity (Wildman–Crippen MR) is 77.7 cm³/mol. The Bertz CT molecular complexity index is 705. The van der Waals surface area contributed by atoms with Crippen LogP contribution in [0.15, 0.2) is 47.1 Å². The molecule has 1 aromatic rings. The van der Waals surface area contributed by atoms with Crippen LogP contribution >= 0.6 is 0 Å². The van der Waals surface area contributed by atoms with E-state index in [0.29, 0.717) is 29.7 Å². The number of nitriles is 1. The van der Waals surface area contributed by atoms with E-state index in [2.05, 4.69) is 6.07 Å². The summed E-state index contributed by atoms with van der Waals surface area (Å²) >= 11 is 0. The summed E-state index contributed by atoms with van der Waals surface area (Å²) in [6.45, 7) is 2.00. The third-order valence-electron chi connectivity index (χ3n) is 4.02. The summed E-state index contributed by atoms with van der Waals surface area (Å²) in [4.78, 5) is 12.3. The van der Waals surface area contributed by atoms with Crippen LogP contribution in [0.2, 0.25) is 0 Å². The van der Waals surface area contributed by atoms with Gasteiger partial charge in [-0.2, -0.15) is 5.26 Å². The minimum Gasteiger partial charge on any atom is -0.444 e. The molecule has 0 bridgehead atoms. The van der Waals surface area contributed by atoms with Gasteiger partial charge in [-0.05, 0) is 18.9 Å². The maximum atomic E-state index is 12.3. The zero-order valence-electron chi connectivity index (χ0n) is 11.8. The molecule has 3 rings (SSSR count). The van der Waals surface area contributed by atoms with Crippen molar-refractivity contribution >= 4 is 5.78 Å². The lowest BCUT2D eigenvalue weighted by molar-refractivity contribution is -0.116. The van der Waals surface area contributed by atoms with E-state index < -0.39 is 5.92 Å². The fourth-order valence-electron chi connectivity index (χ4n) is 2.95. The van der Waals surface area contributed by atoms with Crippen LogP contribution < -0.4 is 5.73 Å². The van der Waals surface area contributed by atoms with Crippen molar-refractivity contribution in [2.45, 2.75) is 32.1 Å². The molecule has 0 unspecified atom stereocenters. The van der Waals surface area contributed by atoms with Gasteiger partial charge in [0, 0.05) is 18.4 Å². The molecular formula is C17H16N2O2. The van der Waals surface area contributed by atoms with Crippen LogP contribution in [0.5, 0.6) is 0 Å². The topological polar surface area (TPSA) is 76.1 Å². The summed E-state index contributed by atoms with van der Waals surface area (Å²) in [6, 6.07) is 9.96. The Balaban J connectivity index is 2.17. The van der Waals surface area contributed by atoms with Crippen molar-refractivity contribution < 1.29 is 9.53 Å². The summed E-state index contributed by atoms with van der Waals surface area (Å²) in [7, 11) is 0. The standard InChI is InChI=1S/C17H16N2O2/c1-10-5-7-11(8-6-10)15-12(9-18)17(19)21-14-4-2-3-13(20)16(14)15/h5-8,15H,2-4,19H2,1H3/t15-/m1/s1. The van der Waals surface area contributed by atoms with Gasteiger partial charge in [0.05, 0.1) is 5.92 Å². The second-order valence-corrected chi connectivity index (χ2v) is 5.45. The lowest BCUT2D eigenvalue weighted by atomic mass is 9.77. The number of allylic oxidation sites excluding steroid dienone is 3. The second-order valence-electron chi connectivity index (χ2n) is 5.45. The lowest BCUT2D eigenvalue weighted by Gasteiger charge is -2.31. The van der Waals surface area contributed by atoms with Gasteiger partial charge in [-0.15, -0.1) is 0 Å². The molecule has 0 saturated carbocycles. The van der Waals surface area contributed by atoms with Crippen LogP contribution in [0, 0.1) is 18.3 Å². The number of nitrogens with two attached hydrogens (primary N) is 1. The molecule has 1 heterocycles. The SMILES string of the molecule is Cc1ccc([C@@H]2C(C#N)=C(N)OC3=C2C(=O)CCC3)cc1. The fourth-order valence-corrected chi connectivity index (χ4v) is 2.95. The summed E-state index contributed by atoms with van der Waals surface area (Å²) < 4.78 is 5.53. The number of carbonyl (C=O) groups excluding carboxylic acids is 1. The molecule has 0 spiro atoms. The highest BCUT2D eigenvalue weighted by Crippen LogP contribution is 2.43. The third kappa shape index (κ3) is 2.21. The molecule has 2 N–H and O–H groups in total. The number of hydrogen-bond acceptors (Lipinski definition) is 4. The average Bonchev–Trinajstić information content (AvgIpc) is 2.47. The predicted octanol–water partition coefficient (Wildman–Crippen LogP) is 2.81. The molecule has 0 amide bonds. The maximum Gasteiger partial charge on any atom is 0.205 e. The highest BCUT2D eigenvalue weighted by molar-refractivity contribution is 5.99. The zero-order chi connectivity index (χ0) is 15.0. The van der Waals surface area contributed by atoms with Crippen LogP contribution in [-0.4, -0.2) is 5.78 Å². The first-order valence-electron chi connectivity index (χ1n) is 7.02. The number of nitrogens with zero attached hydrogens (tertiary/aromatic N) is 1. The van der Waals surface area contributed by atoms with Gasteiger partial charge >= 0.3 is 0 Å². The number of benzene rings is 1. The van der Waals surface area contributed by atoms with Gasteiger partial charge in [0.15, 0.2) is 5.78 Å².